The molecule has 6 heteroatoms. The molecule has 1 saturated heterocycles. The monoisotopic (exact) mass is 389 g/mol. The van der Waals surface area contributed by atoms with Crippen LogP contribution in [-0.2, 0) is 4.74 Å². The standard InChI is InChI=1S/C13H22N2.C9H17N3O/c1-3-7-12(8-4-1)14-11-15-13-9-5-2-6-10-13;1-3-10-7-12-8(2)9-6-11-4-5-13-9/h12-13H,1-10H2;8-9,11H,3-6H2,1-2H3. The lowest BCUT2D eigenvalue weighted by atomic mass is 9.96. The van der Waals surface area contributed by atoms with Crippen LogP contribution in [0.1, 0.15) is 78.1 Å². The predicted octanol–water partition coefficient (Wildman–Crippen LogP) is 4.38. The van der Waals surface area contributed by atoms with Gasteiger partial charge in [0.25, 0.3) is 0 Å². The smallest absolute Gasteiger partial charge is 0.0928 e. The van der Waals surface area contributed by atoms with Crippen LogP contribution in [0.3, 0.4) is 0 Å². The van der Waals surface area contributed by atoms with Crippen molar-refractivity contribution in [3.63, 3.8) is 0 Å². The molecule has 28 heavy (non-hydrogen) atoms. The van der Waals surface area contributed by atoms with E-state index >= 15 is 0 Å². The second-order valence-electron chi connectivity index (χ2n) is 8.00. The normalized spacial score (nSPS) is 24.6. The van der Waals surface area contributed by atoms with Crippen LogP contribution >= 0.6 is 0 Å². The highest BCUT2D eigenvalue weighted by Crippen LogP contribution is 2.21. The average Bonchev–Trinajstić information content (AvgIpc) is 2.76. The first-order valence-electron chi connectivity index (χ1n) is 11.4. The van der Waals surface area contributed by atoms with Crippen LogP contribution in [0.5, 0.6) is 0 Å². The lowest BCUT2D eigenvalue weighted by Crippen LogP contribution is -2.43. The Morgan fingerprint density at radius 3 is 2.04 bits per heavy atom. The Labute approximate surface area is 171 Å². The van der Waals surface area contributed by atoms with Crippen molar-refractivity contribution in [1.29, 1.82) is 0 Å². The molecule has 2 saturated carbocycles. The van der Waals surface area contributed by atoms with Crippen molar-refractivity contribution in [3.8, 4) is 0 Å². The summed E-state index contributed by atoms with van der Waals surface area (Å²) >= 11 is 0. The van der Waals surface area contributed by atoms with E-state index in [1.54, 1.807) is 0 Å². The number of rotatable bonds is 5. The summed E-state index contributed by atoms with van der Waals surface area (Å²) < 4.78 is 5.53. The number of aliphatic imine (C=N–C) groups is 4. The van der Waals surface area contributed by atoms with Gasteiger partial charge in [0.2, 0.25) is 0 Å². The number of hydrogen-bond donors (Lipinski definition) is 1. The predicted molar refractivity (Wildman–Crippen MR) is 116 cm³/mol. The van der Waals surface area contributed by atoms with E-state index in [9.17, 15) is 0 Å². The van der Waals surface area contributed by atoms with Gasteiger partial charge in [-0.2, -0.15) is 0 Å². The lowest BCUT2D eigenvalue weighted by Gasteiger charge is -2.25. The summed E-state index contributed by atoms with van der Waals surface area (Å²) in [6.07, 6.45) is 13.4. The molecule has 0 radical (unpaired) electrons. The maximum absolute atomic E-state index is 5.53. The molecule has 6 nitrogen and oxygen atoms in total. The first-order valence-corrected chi connectivity index (χ1v) is 11.4. The van der Waals surface area contributed by atoms with Crippen molar-refractivity contribution < 1.29 is 4.74 Å². The summed E-state index contributed by atoms with van der Waals surface area (Å²) in [7, 11) is 0. The third kappa shape index (κ3) is 9.75. The maximum Gasteiger partial charge on any atom is 0.0928 e. The molecule has 2 atom stereocenters. The van der Waals surface area contributed by atoms with Gasteiger partial charge in [0.05, 0.1) is 42.9 Å². The van der Waals surface area contributed by atoms with Crippen molar-refractivity contribution in [2.24, 2.45) is 20.0 Å². The molecule has 158 valence electrons. The zero-order valence-corrected chi connectivity index (χ0v) is 17.9. The van der Waals surface area contributed by atoms with Crippen molar-refractivity contribution in [2.45, 2.75) is 102 Å². The fraction of sp³-hybridized carbons (Fsp3) is 0.909. The van der Waals surface area contributed by atoms with Gasteiger partial charge in [-0.05, 0) is 39.5 Å². The molecule has 3 fully saturated rings. The molecule has 2 aliphatic carbocycles. The van der Waals surface area contributed by atoms with Gasteiger partial charge in [0.15, 0.2) is 0 Å². The van der Waals surface area contributed by atoms with Gasteiger partial charge in [0.1, 0.15) is 0 Å². The van der Waals surface area contributed by atoms with Crippen LogP contribution in [0.4, 0.5) is 0 Å². The van der Waals surface area contributed by atoms with Crippen LogP contribution in [0, 0.1) is 0 Å². The van der Waals surface area contributed by atoms with Crippen molar-refractivity contribution in [1.82, 2.24) is 5.32 Å². The van der Waals surface area contributed by atoms with E-state index in [0.717, 1.165) is 26.2 Å². The number of morpholine rings is 1. The van der Waals surface area contributed by atoms with E-state index in [2.05, 4.69) is 37.3 Å². The third-order valence-corrected chi connectivity index (χ3v) is 5.61. The van der Waals surface area contributed by atoms with Crippen LogP contribution in [-0.4, -0.2) is 62.5 Å². The molecule has 3 aliphatic rings. The first-order chi connectivity index (χ1) is 13.8. The fourth-order valence-electron chi connectivity index (χ4n) is 3.80. The zero-order chi connectivity index (χ0) is 19.9. The molecule has 0 bridgehead atoms. The summed E-state index contributed by atoms with van der Waals surface area (Å²) in [6.45, 7) is 7.31. The number of hydrogen-bond acceptors (Lipinski definition) is 6. The highest BCUT2D eigenvalue weighted by atomic mass is 16.5. The molecule has 0 amide bonds. The molecule has 3 rings (SSSR count). The van der Waals surface area contributed by atoms with E-state index in [1.807, 2.05) is 13.8 Å². The summed E-state index contributed by atoms with van der Waals surface area (Å²) in [5, 5.41) is 3.26. The largest absolute Gasteiger partial charge is 0.373 e. The summed E-state index contributed by atoms with van der Waals surface area (Å²) in [4.78, 5) is 17.0. The van der Waals surface area contributed by atoms with Crippen LogP contribution < -0.4 is 5.32 Å². The van der Waals surface area contributed by atoms with Gasteiger partial charge in [-0.25, -0.2) is 20.0 Å². The average molecular weight is 390 g/mol. The minimum absolute atomic E-state index is 0.142. The summed E-state index contributed by atoms with van der Waals surface area (Å²) in [5.74, 6) is 0. The molecule has 1 heterocycles. The highest BCUT2D eigenvalue weighted by molar-refractivity contribution is 5.42. The van der Waals surface area contributed by atoms with Crippen molar-refractivity contribution >= 4 is 12.0 Å². The van der Waals surface area contributed by atoms with Gasteiger partial charge in [-0.3, -0.25) is 0 Å². The highest BCUT2D eigenvalue weighted by Gasteiger charge is 2.19. The number of ether oxygens (including phenoxy) is 1. The minimum atomic E-state index is 0.142. The van der Waals surface area contributed by atoms with E-state index in [1.165, 1.54) is 64.2 Å². The molecule has 1 N–H and O–H groups in total. The van der Waals surface area contributed by atoms with E-state index < -0.39 is 0 Å². The SMILES string of the molecule is C(=NC1CCCCC1)=NC1CCCCC1.CCN=C=NC(C)C1CNCCO1. The van der Waals surface area contributed by atoms with E-state index in [0.29, 0.717) is 12.1 Å². The van der Waals surface area contributed by atoms with E-state index in [-0.39, 0.29) is 12.1 Å². The Morgan fingerprint density at radius 2 is 1.54 bits per heavy atom. The fourth-order valence-corrected chi connectivity index (χ4v) is 3.80. The number of nitrogens with one attached hydrogen (secondary N) is 1. The zero-order valence-electron chi connectivity index (χ0n) is 17.9. The van der Waals surface area contributed by atoms with Crippen LogP contribution in [0.15, 0.2) is 20.0 Å². The molecule has 0 spiro atoms. The van der Waals surface area contributed by atoms with Gasteiger partial charge in [-0.15, -0.1) is 0 Å². The van der Waals surface area contributed by atoms with Gasteiger partial charge in [-0.1, -0.05) is 38.5 Å². The Bertz CT molecular complexity index is 497. The molecule has 0 aromatic heterocycles. The molecular formula is C22H39N5O. The molecule has 2 unspecified atom stereocenters. The first kappa shape index (κ1) is 23.0. The second kappa shape index (κ2) is 14.6. The Hall–Kier alpha value is -1.32. The van der Waals surface area contributed by atoms with Crippen LogP contribution in [0.2, 0.25) is 0 Å². The number of nitrogens with zero attached hydrogens (tertiary/aromatic N) is 4. The van der Waals surface area contributed by atoms with Crippen molar-refractivity contribution in [3.05, 3.63) is 0 Å². The van der Waals surface area contributed by atoms with Gasteiger partial charge < -0.3 is 10.1 Å². The summed E-state index contributed by atoms with van der Waals surface area (Å²) in [5.41, 5.74) is 0. The molecule has 0 aromatic carbocycles. The Balaban J connectivity index is 0.000000203. The van der Waals surface area contributed by atoms with Gasteiger partial charge in [0, 0.05) is 19.6 Å². The molecule has 0 aromatic rings. The molecule has 1 aliphatic heterocycles. The Kier molecular flexibility index (Phi) is 12.0. The summed E-state index contributed by atoms with van der Waals surface area (Å²) in [6, 6.07) is 6.86. The van der Waals surface area contributed by atoms with Gasteiger partial charge >= 0.3 is 0 Å². The quantitative estimate of drug-likeness (QED) is 0.709. The maximum atomic E-state index is 5.53. The lowest BCUT2D eigenvalue weighted by molar-refractivity contribution is 0.0169. The second-order valence-corrected chi connectivity index (χ2v) is 8.00. The topological polar surface area (TPSA) is 70.7 Å². The Morgan fingerprint density at radius 1 is 0.929 bits per heavy atom. The minimum Gasteiger partial charge on any atom is -0.373 e. The molecular weight excluding hydrogens is 350 g/mol. The van der Waals surface area contributed by atoms with Crippen LogP contribution in [0.25, 0.3) is 0 Å². The third-order valence-electron chi connectivity index (χ3n) is 5.61. The van der Waals surface area contributed by atoms with E-state index in [4.69, 9.17) is 4.74 Å². The van der Waals surface area contributed by atoms with Crippen molar-refractivity contribution in [2.75, 3.05) is 26.2 Å².